The topological polar surface area (TPSA) is 76.5 Å². The zero-order valence-corrected chi connectivity index (χ0v) is 10.3. The number of nitrogens with zero attached hydrogens (tertiary/aromatic N) is 1. The number of oxazole rings is 1. The number of carbonyl (C=O) groups is 1. The summed E-state index contributed by atoms with van der Waals surface area (Å²) in [4.78, 5) is 15.3. The van der Waals surface area contributed by atoms with Crippen molar-refractivity contribution in [3.05, 3.63) is 42.0 Å². The van der Waals surface area contributed by atoms with Crippen molar-refractivity contribution in [1.82, 2.24) is 4.98 Å². The first-order valence-corrected chi connectivity index (χ1v) is 5.71. The molecule has 2 rings (SSSR count). The van der Waals surface area contributed by atoms with E-state index in [-0.39, 0.29) is 0 Å². The van der Waals surface area contributed by atoms with Crippen LogP contribution in [0.25, 0.3) is 0 Å². The molecule has 0 unspecified atom stereocenters. The molecule has 2 aromatic rings. The maximum atomic E-state index is 11.1. The van der Waals surface area contributed by atoms with E-state index in [0.717, 1.165) is 5.76 Å². The highest BCUT2D eigenvalue weighted by Gasteiger charge is 2.32. The van der Waals surface area contributed by atoms with Crippen LogP contribution < -0.4 is 0 Å². The maximum Gasteiger partial charge on any atom is 0.315 e. The number of furan rings is 1. The molecular formula is C13H15NO4. The van der Waals surface area contributed by atoms with E-state index in [2.05, 4.69) is 4.98 Å². The molecule has 0 fully saturated rings. The van der Waals surface area contributed by atoms with E-state index in [4.69, 9.17) is 13.9 Å². The minimum Gasteiger partial charge on any atom is -0.481 e. The Morgan fingerprint density at radius 1 is 1.39 bits per heavy atom. The first-order chi connectivity index (χ1) is 8.50. The number of hydrogen-bond acceptors (Lipinski definition) is 4. The number of aromatic nitrogens is 1. The summed E-state index contributed by atoms with van der Waals surface area (Å²) in [7, 11) is 0. The van der Waals surface area contributed by atoms with Crippen molar-refractivity contribution in [2.45, 2.75) is 32.1 Å². The number of aryl methyl sites for hydroxylation is 2. The molecule has 0 amide bonds. The van der Waals surface area contributed by atoms with E-state index < -0.39 is 11.4 Å². The molecular weight excluding hydrogens is 234 g/mol. The van der Waals surface area contributed by atoms with Crippen molar-refractivity contribution < 1.29 is 18.7 Å². The number of aliphatic carboxylic acids is 1. The van der Waals surface area contributed by atoms with Gasteiger partial charge in [0.05, 0.1) is 12.0 Å². The highest BCUT2D eigenvalue weighted by Crippen LogP contribution is 2.23. The SMILES string of the molecule is CC(C)(C(=O)O)c1coc(CCc2ccco2)n1. The molecule has 0 spiro atoms. The van der Waals surface area contributed by atoms with Crippen molar-refractivity contribution in [3.63, 3.8) is 0 Å². The van der Waals surface area contributed by atoms with Crippen molar-refractivity contribution in [2.75, 3.05) is 0 Å². The summed E-state index contributed by atoms with van der Waals surface area (Å²) in [5.41, 5.74) is -0.601. The van der Waals surface area contributed by atoms with Crippen LogP contribution in [-0.4, -0.2) is 16.1 Å². The second-order valence-electron chi connectivity index (χ2n) is 4.64. The number of carboxylic acid groups (broad SMARTS) is 1. The van der Waals surface area contributed by atoms with E-state index in [1.165, 1.54) is 6.26 Å². The van der Waals surface area contributed by atoms with Gasteiger partial charge in [-0.15, -0.1) is 0 Å². The fourth-order valence-corrected chi connectivity index (χ4v) is 1.51. The fraction of sp³-hybridized carbons (Fsp3) is 0.385. The molecule has 0 aromatic carbocycles. The summed E-state index contributed by atoms with van der Waals surface area (Å²) >= 11 is 0. The molecule has 5 heteroatoms. The minimum atomic E-state index is -1.04. The van der Waals surface area contributed by atoms with Crippen LogP contribution in [0, 0.1) is 0 Å². The Labute approximate surface area is 104 Å². The summed E-state index contributed by atoms with van der Waals surface area (Å²) in [5.74, 6) is 0.455. The zero-order valence-electron chi connectivity index (χ0n) is 10.3. The Morgan fingerprint density at radius 2 is 2.17 bits per heavy atom. The van der Waals surface area contributed by atoms with Crippen LogP contribution in [0.15, 0.2) is 33.5 Å². The van der Waals surface area contributed by atoms with E-state index in [1.54, 1.807) is 20.1 Å². The Kier molecular flexibility index (Phi) is 3.23. The average Bonchev–Trinajstić information content (AvgIpc) is 2.97. The predicted octanol–water partition coefficient (Wildman–Crippen LogP) is 2.42. The number of rotatable bonds is 5. The number of carboxylic acids is 1. The smallest absolute Gasteiger partial charge is 0.315 e. The Bertz CT molecular complexity index is 525. The van der Waals surface area contributed by atoms with Gasteiger partial charge in [-0.3, -0.25) is 4.79 Å². The summed E-state index contributed by atoms with van der Waals surface area (Å²) in [6, 6.07) is 3.70. The third-order valence-electron chi connectivity index (χ3n) is 2.89. The third-order valence-corrected chi connectivity index (χ3v) is 2.89. The summed E-state index contributed by atoms with van der Waals surface area (Å²) in [5, 5.41) is 9.09. The molecule has 1 N–H and O–H groups in total. The van der Waals surface area contributed by atoms with Crippen molar-refractivity contribution in [1.29, 1.82) is 0 Å². The van der Waals surface area contributed by atoms with Crippen LogP contribution in [-0.2, 0) is 23.1 Å². The molecule has 0 aliphatic heterocycles. The molecule has 96 valence electrons. The third kappa shape index (κ3) is 2.45. The van der Waals surface area contributed by atoms with Gasteiger partial charge < -0.3 is 13.9 Å². The molecule has 0 saturated carbocycles. The Hall–Kier alpha value is -2.04. The number of hydrogen-bond donors (Lipinski definition) is 1. The van der Waals surface area contributed by atoms with E-state index in [9.17, 15) is 4.79 Å². The molecule has 5 nitrogen and oxygen atoms in total. The van der Waals surface area contributed by atoms with Gasteiger partial charge in [0, 0.05) is 12.8 Å². The maximum absolute atomic E-state index is 11.1. The molecule has 0 aliphatic carbocycles. The molecule has 0 bridgehead atoms. The molecule has 0 atom stereocenters. The quantitative estimate of drug-likeness (QED) is 0.880. The van der Waals surface area contributed by atoms with Crippen LogP contribution in [0.4, 0.5) is 0 Å². The van der Waals surface area contributed by atoms with Gasteiger partial charge in [0.2, 0.25) is 0 Å². The Morgan fingerprint density at radius 3 is 2.78 bits per heavy atom. The summed E-state index contributed by atoms with van der Waals surface area (Å²) in [6.45, 7) is 3.20. The van der Waals surface area contributed by atoms with Gasteiger partial charge in [0.1, 0.15) is 17.4 Å². The lowest BCUT2D eigenvalue weighted by Crippen LogP contribution is -2.28. The van der Waals surface area contributed by atoms with Crippen LogP contribution in [0.1, 0.15) is 31.2 Å². The molecule has 0 saturated heterocycles. The van der Waals surface area contributed by atoms with Crippen LogP contribution in [0.2, 0.25) is 0 Å². The van der Waals surface area contributed by atoms with Crippen LogP contribution in [0.5, 0.6) is 0 Å². The van der Waals surface area contributed by atoms with Gasteiger partial charge in [0.25, 0.3) is 0 Å². The molecule has 18 heavy (non-hydrogen) atoms. The van der Waals surface area contributed by atoms with Crippen LogP contribution in [0.3, 0.4) is 0 Å². The highest BCUT2D eigenvalue weighted by atomic mass is 16.4. The highest BCUT2D eigenvalue weighted by molar-refractivity contribution is 5.79. The van der Waals surface area contributed by atoms with Crippen molar-refractivity contribution in [3.8, 4) is 0 Å². The van der Waals surface area contributed by atoms with Crippen molar-refractivity contribution in [2.24, 2.45) is 0 Å². The van der Waals surface area contributed by atoms with Crippen LogP contribution >= 0.6 is 0 Å². The lowest BCUT2D eigenvalue weighted by Gasteiger charge is -2.14. The van der Waals surface area contributed by atoms with Gasteiger partial charge >= 0.3 is 5.97 Å². The molecule has 2 aromatic heterocycles. The standard InChI is InChI=1S/C13H15NO4/c1-13(2,12(15)16)10-8-18-11(14-10)6-5-9-4-3-7-17-9/h3-4,7-8H,5-6H2,1-2H3,(H,15,16). The lowest BCUT2D eigenvalue weighted by atomic mass is 9.90. The van der Waals surface area contributed by atoms with E-state index >= 15 is 0 Å². The second kappa shape index (κ2) is 4.68. The Balaban J connectivity index is 2.04. The van der Waals surface area contributed by atoms with Gasteiger partial charge in [-0.2, -0.15) is 0 Å². The van der Waals surface area contributed by atoms with Crippen molar-refractivity contribution >= 4 is 5.97 Å². The largest absolute Gasteiger partial charge is 0.481 e. The monoisotopic (exact) mass is 249 g/mol. The lowest BCUT2D eigenvalue weighted by molar-refractivity contribution is -0.142. The predicted molar refractivity (Wildman–Crippen MR) is 63.3 cm³/mol. The first-order valence-electron chi connectivity index (χ1n) is 5.71. The van der Waals surface area contributed by atoms with E-state index in [0.29, 0.717) is 24.4 Å². The molecule has 0 radical (unpaired) electrons. The van der Waals surface area contributed by atoms with Gasteiger partial charge in [-0.1, -0.05) is 0 Å². The molecule has 0 aliphatic rings. The summed E-state index contributed by atoms with van der Waals surface area (Å²) in [6.07, 6.45) is 4.29. The van der Waals surface area contributed by atoms with Gasteiger partial charge in [-0.25, -0.2) is 4.98 Å². The van der Waals surface area contributed by atoms with Gasteiger partial charge in [-0.05, 0) is 26.0 Å². The van der Waals surface area contributed by atoms with E-state index in [1.807, 2.05) is 12.1 Å². The summed E-state index contributed by atoms with van der Waals surface area (Å²) < 4.78 is 10.5. The first kappa shape index (κ1) is 12.4. The molecule has 2 heterocycles. The minimum absolute atomic E-state index is 0.435. The van der Waals surface area contributed by atoms with Gasteiger partial charge in [0.15, 0.2) is 5.89 Å². The second-order valence-corrected chi connectivity index (χ2v) is 4.64. The fourth-order valence-electron chi connectivity index (χ4n) is 1.51. The normalized spacial score (nSPS) is 11.7. The zero-order chi connectivity index (χ0) is 13.2. The average molecular weight is 249 g/mol.